The van der Waals surface area contributed by atoms with E-state index in [1.165, 1.54) is 0 Å². The van der Waals surface area contributed by atoms with Crippen molar-refractivity contribution in [2.75, 3.05) is 0 Å². The number of nitrogens with two attached hydrogens (primary N) is 1. The highest BCUT2D eigenvalue weighted by Gasteiger charge is 2.10. The third-order valence-electron chi connectivity index (χ3n) is 3.43. The summed E-state index contributed by atoms with van der Waals surface area (Å²) >= 11 is 0. The summed E-state index contributed by atoms with van der Waals surface area (Å²) in [6, 6.07) is 10.6. The molecule has 5 heteroatoms. The Kier molecular flexibility index (Phi) is 3.28. The van der Waals surface area contributed by atoms with Crippen molar-refractivity contribution in [2.45, 2.75) is 33.0 Å². The molecule has 2 heterocycles. The summed E-state index contributed by atoms with van der Waals surface area (Å²) in [6.07, 6.45) is 2.01. The molecule has 104 valence electrons. The van der Waals surface area contributed by atoms with E-state index in [4.69, 9.17) is 5.73 Å². The van der Waals surface area contributed by atoms with Gasteiger partial charge in [-0.3, -0.25) is 9.36 Å². The molecule has 3 aromatic rings. The predicted molar refractivity (Wildman–Crippen MR) is 79.3 cm³/mol. The molecule has 3 rings (SSSR count). The Hall–Kier alpha value is -2.14. The Bertz CT molecular complexity index is 723. The van der Waals surface area contributed by atoms with Crippen LogP contribution in [0.1, 0.15) is 31.3 Å². The molecule has 0 bridgehead atoms. The molecular formula is C15H19N5. The molecule has 0 aliphatic heterocycles. The fourth-order valence-corrected chi connectivity index (χ4v) is 2.37. The maximum Gasteiger partial charge on any atom is 0.0857 e. The van der Waals surface area contributed by atoms with Crippen LogP contribution in [0.2, 0.25) is 0 Å². The van der Waals surface area contributed by atoms with E-state index in [0.29, 0.717) is 19.1 Å². The Morgan fingerprint density at radius 1 is 1.15 bits per heavy atom. The van der Waals surface area contributed by atoms with Gasteiger partial charge in [0.05, 0.1) is 23.4 Å². The number of aromatic nitrogens is 4. The van der Waals surface area contributed by atoms with Crippen LogP contribution in [0.15, 0.2) is 36.5 Å². The molecule has 20 heavy (non-hydrogen) atoms. The maximum absolute atomic E-state index is 5.77. The Morgan fingerprint density at radius 3 is 2.65 bits per heavy atom. The second-order valence-electron chi connectivity index (χ2n) is 5.21. The number of nitrogens with zero attached hydrogens (tertiary/aromatic N) is 4. The topological polar surface area (TPSA) is 61.7 Å². The van der Waals surface area contributed by atoms with E-state index in [1.807, 2.05) is 33.8 Å². The van der Waals surface area contributed by atoms with Crippen molar-refractivity contribution in [1.29, 1.82) is 0 Å². The molecule has 0 amide bonds. The van der Waals surface area contributed by atoms with Crippen molar-refractivity contribution in [2.24, 2.45) is 5.73 Å². The lowest BCUT2D eigenvalue weighted by Gasteiger charge is -2.04. The maximum atomic E-state index is 5.77. The molecule has 0 aliphatic carbocycles. The molecule has 2 aromatic heterocycles. The smallest absolute Gasteiger partial charge is 0.0857 e. The van der Waals surface area contributed by atoms with Crippen LogP contribution in [0.25, 0.3) is 10.9 Å². The molecular weight excluding hydrogens is 250 g/mol. The van der Waals surface area contributed by atoms with Gasteiger partial charge in [0.1, 0.15) is 0 Å². The minimum Gasteiger partial charge on any atom is -0.325 e. The van der Waals surface area contributed by atoms with E-state index >= 15 is 0 Å². The zero-order valence-electron chi connectivity index (χ0n) is 11.8. The van der Waals surface area contributed by atoms with Gasteiger partial charge in [0.2, 0.25) is 0 Å². The fraction of sp³-hybridized carbons (Fsp3) is 0.333. The van der Waals surface area contributed by atoms with Crippen LogP contribution in [0.4, 0.5) is 0 Å². The predicted octanol–water partition coefficient (Wildman–Crippen LogP) is 2.32. The minimum absolute atomic E-state index is 0.373. The van der Waals surface area contributed by atoms with E-state index in [2.05, 4.69) is 36.2 Å². The molecule has 0 saturated carbocycles. The lowest BCUT2D eigenvalue weighted by molar-refractivity contribution is 0.521. The van der Waals surface area contributed by atoms with Gasteiger partial charge in [-0.25, -0.2) is 0 Å². The van der Waals surface area contributed by atoms with Crippen molar-refractivity contribution in [3.63, 3.8) is 0 Å². The van der Waals surface area contributed by atoms with Crippen molar-refractivity contribution in [1.82, 2.24) is 19.6 Å². The zero-order valence-corrected chi connectivity index (χ0v) is 11.8. The van der Waals surface area contributed by atoms with Crippen molar-refractivity contribution in [3.8, 4) is 0 Å². The van der Waals surface area contributed by atoms with Gasteiger partial charge in [-0.1, -0.05) is 18.2 Å². The molecule has 0 spiro atoms. The summed E-state index contributed by atoms with van der Waals surface area (Å²) < 4.78 is 3.94. The first-order valence-corrected chi connectivity index (χ1v) is 6.87. The molecule has 0 radical (unpaired) electrons. The molecule has 5 nitrogen and oxygen atoms in total. The second kappa shape index (κ2) is 5.09. The molecule has 0 aliphatic rings. The van der Waals surface area contributed by atoms with Crippen molar-refractivity contribution < 1.29 is 0 Å². The number of fused-ring (bicyclic) bond motifs is 1. The lowest BCUT2D eigenvalue weighted by Crippen LogP contribution is -2.06. The third kappa shape index (κ3) is 2.20. The summed E-state index contributed by atoms with van der Waals surface area (Å²) in [6.45, 7) is 5.35. The molecule has 1 aromatic carbocycles. The highest BCUT2D eigenvalue weighted by atomic mass is 15.3. The van der Waals surface area contributed by atoms with E-state index in [1.54, 1.807) is 0 Å². The summed E-state index contributed by atoms with van der Waals surface area (Å²) in [7, 11) is 0. The van der Waals surface area contributed by atoms with Gasteiger partial charge >= 0.3 is 0 Å². The van der Waals surface area contributed by atoms with Crippen molar-refractivity contribution >= 4 is 10.9 Å². The van der Waals surface area contributed by atoms with Crippen LogP contribution in [-0.2, 0) is 13.1 Å². The van der Waals surface area contributed by atoms with Gasteiger partial charge in [-0.05, 0) is 26.0 Å². The van der Waals surface area contributed by atoms with Crippen LogP contribution < -0.4 is 5.73 Å². The van der Waals surface area contributed by atoms with Gasteiger partial charge in [-0.15, -0.1) is 0 Å². The largest absolute Gasteiger partial charge is 0.325 e. The summed E-state index contributed by atoms with van der Waals surface area (Å²) in [4.78, 5) is 0. The van der Waals surface area contributed by atoms with Crippen LogP contribution >= 0.6 is 0 Å². The van der Waals surface area contributed by atoms with Gasteiger partial charge in [0.15, 0.2) is 0 Å². The number of hydrogen-bond acceptors (Lipinski definition) is 3. The van der Waals surface area contributed by atoms with Gasteiger partial charge in [-0.2, -0.15) is 10.2 Å². The lowest BCUT2D eigenvalue weighted by atomic mass is 10.2. The van der Waals surface area contributed by atoms with Gasteiger partial charge in [0.25, 0.3) is 0 Å². The number of para-hydroxylation sites is 1. The first kappa shape index (κ1) is 12.9. The fourth-order valence-electron chi connectivity index (χ4n) is 2.37. The Balaban J connectivity index is 1.97. The Labute approximate surface area is 118 Å². The number of hydrogen-bond donors (Lipinski definition) is 1. The number of benzene rings is 1. The van der Waals surface area contributed by atoms with Crippen LogP contribution in [-0.4, -0.2) is 19.6 Å². The zero-order chi connectivity index (χ0) is 14.1. The first-order chi connectivity index (χ1) is 9.69. The summed E-state index contributed by atoms with van der Waals surface area (Å²) in [5.41, 5.74) is 8.82. The second-order valence-corrected chi connectivity index (χ2v) is 5.21. The average molecular weight is 269 g/mol. The highest BCUT2D eigenvalue weighted by Crippen LogP contribution is 2.19. The van der Waals surface area contributed by atoms with E-state index in [0.717, 1.165) is 22.3 Å². The van der Waals surface area contributed by atoms with Crippen molar-refractivity contribution in [3.05, 3.63) is 47.9 Å². The molecule has 0 saturated heterocycles. The standard InChI is InChI=1S/C15H19N5/c1-11(2)19-8-7-12(17-19)10-20-15-6-4-3-5-13(15)14(9-16)18-20/h3-8,11H,9-10,16H2,1-2H3. The monoisotopic (exact) mass is 269 g/mol. The van der Waals surface area contributed by atoms with Gasteiger partial charge < -0.3 is 5.73 Å². The highest BCUT2D eigenvalue weighted by molar-refractivity contribution is 5.81. The first-order valence-electron chi connectivity index (χ1n) is 6.87. The van der Waals surface area contributed by atoms with Crippen LogP contribution in [0, 0.1) is 0 Å². The minimum atomic E-state index is 0.373. The van der Waals surface area contributed by atoms with Crippen LogP contribution in [0.3, 0.4) is 0 Å². The summed E-state index contributed by atoms with van der Waals surface area (Å²) in [5.74, 6) is 0. The SMILES string of the molecule is CC(C)n1ccc(Cn2nc(CN)c3ccccc32)n1. The number of rotatable bonds is 4. The average Bonchev–Trinajstić information content (AvgIpc) is 3.05. The van der Waals surface area contributed by atoms with Crippen LogP contribution in [0.5, 0.6) is 0 Å². The molecule has 0 unspecified atom stereocenters. The summed E-state index contributed by atoms with van der Waals surface area (Å²) in [5, 5.41) is 10.3. The molecule has 2 N–H and O–H groups in total. The van der Waals surface area contributed by atoms with Gasteiger partial charge in [0, 0.05) is 24.2 Å². The third-order valence-corrected chi connectivity index (χ3v) is 3.43. The normalized spacial score (nSPS) is 11.6. The molecule has 0 atom stereocenters. The van der Waals surface area contributed by atoms with E-state index in [-0.39, 0.29) is 0 Å². The quantitative estimate of drug-likeness (QED) is 0.790. The Morgan fingerprint density at radius 2 is 1.95 bits per heavy atom. The van der Waals surface area contributed by atoms with E-state index in [9.17, 15) is 0 Å². The van der Waals surface area contributed by atoms with E-state index < -0.39 is 0 Å². The molecule has 0 fully saturated rings.